The van der Waals surface area contributed by atoms with Crippen LogP contribution < -0.4 is 10.6 Å². The number of hydrogen-bond acceptors (Lipinski definition) is 6. The van der Waals surface area contributed by atoms with E-state index in [9.17, 15) is 9.59 Å². The first kappa shape index (κ1) is 18.5. The van der Waals surface area contributed by atoms with E-state index >= 15 is 0 Å². The van der Waals surface area contributed by atoms with Crippen LogP contribution in [-0.4, -0.2) is 28.4 Å². The predicted molar refractivity (Wildman–Crippen MR) is 103 cm³/mol. The van der Waals surface area contributed by atoms with E-state index in [-0.39, 0.29) is 23.3 Å². The Morgan fingerprint density at radius 2 is 2.19 bits per heavy atom. The maximum Gasteiger partial charge on any atom is 0.240 e. The average molecular weight is 411 g/mol. The van der Waals surface area contributed by atoms with Gasteiger partial charge in [-0.15, -0.1) is 5.10 Å². The van der Waals surface area contributed by atoms with Crippen molar-refractivity contribution in [2.45, 2.75) is 11.7 Å². The largest absolute Gasteiger partial charge is 0.463 e. The lowest BCUT2D eigenvalue weighted by molar-refractivity contribution is -0.122. The summed E-state index contributed by atoms with van der Waals surface area (Å²) in [5.41, 5.74) is 0.393. The number of carbonyl (C=O) groups excluding carboxylic acids is 2. The predicted octanol–water partition coefficient (Wildman–Crippen LogP) is 3.54. The lowest BCUT2D eigenvalue weighted by Gasteiger charge is -2.09. The summed E-state index contributed by atoms with van der Waals surface area (Å²) in [5, 5.41) is 13.3. The van der Waals surface area contributed by atoms with Crippen molar-refractivity contribution in [3.63, 3.8) is 0 Å². The molecule has 1 aliphatic rings. The zero-order valence-electron chi connectivity index (χ0n) is 13.1. The maximum absolute atomic E-state index is 12.2. The normalized spacial score (nSPS) is 18.5. The number of nitrogens with one attached hydrogen (secondary N) is 2. The van der Waals surface area contributed by atoms with E-state index in [1.54, 1.807) is 30.3 Å². The smallest absolute Gasteiger partial charge is 0.240 e. The molecule has 1 saturated heterocycles. The summed E-state index contributed by atoms with van der Waals surface area (Å²) in [7, 11) is 0. The van der Waals surface area contributed by atoms with E-state index < -0.39 is 5.25 Å². The van der Waals surface area contributed by atoms with Crippen molar-refractivity contribution in [1.82, 2.24) is 5.32 Å². The molecule has 7 nitrogen and oxygen atoms in total. The standard InChI is InChI=1S/C16H12Cl2N4O3S/c17-10-4-1-5-11(14(10)18)20-13(23)7-12-15(24)21-16(26-12)22-19-8-9-3-2-6-25-9/h1-6,8,12H,7H2,(H,20,23)(H,21,22,24). The second kappa shape index (κ2) is 8.39. The average Bonchev–Trinajstić information content (AvgIpc) is 3.22. The van der Waals surface area contributed by atoms with Crippen LogP contribution in [0.4, 0.5) is 5.69 Å². The van der Waals surface area contributed by atoms with E-state index in [0.717, 1.165) is 11.8 Å². The first-order valence-corrected chi connectivity index (χ1v) is 9.02. The minimum atomic E-state index is -0.606. The van der Waals surface area contributed by atoms with Crippen LogP contribution in [0.1, 0.15) is 12.2 Å². The fourth-order valence-corrected chi connectivity index (χ4v) is 3.33. The van der Waals surface area contributed by atoms with Crippen LogP contribution in [0.15, 0.2) is 51.2 Å². The highest BCUT2D eigenvalue weighted by molar-refractivity contribution is 8.15. The molecule has 1 unspecified atom stereocenters. The van der Waals surface area contributed by atoms with Crippen molar-refractivity contribution >= 4 is 63.8 Å². The van der Waals surface area contributed by atoms with Gasteiger partial charge >= 0.3 is 0 Å². The first-order valence-electron chi connectivity index (χ1n) is 7.39. The molecule has 0 radical (unpaired) electrons. The summed E-state index contributed by atoms with van der Waals surface area (Å²) in [6, 6.07) is 8.36. The highest BCUT2D eigenvalue weighted by atomic mass is 35.5. The fourth-order valence-electron chi connectivity index (χ4n) is 2.06. The molecule has 10 heteroatoms. The quantitative estimate of drug-likeness (QED) is 0.581. The Kier molecular flexibility index (Phi) is 5.97. The Bertz CT molecular complexity index is 884. The van der Waals surface area contributed by atoms with Crippen molar-refractivity contribution in [2.75, 3.05) is 5.32 Å². The van der Waals surface area contributed by atoms with E-state index in [2.05, 4.69) is 20.8 Å². The van der Waals surface area contributed by atoms with Gasteiger partial charge in [0.05, 0.1) is 28.2 Å². The van der Waals surface area contributed by atoms with Crippen LogP contribution in [0.3, 0.4) is 0 Å². The molecular formula is C16H12Cl2N4O3S. The summed E-state index contributed by atoms with van der Waals surface area (Å²) >= 11 is 13.1. The Balaban J connectivity index is 1.57. The molecule has 1 aliphatic heterocycles. The van der Waals surface area contributed by atoms with Crippen LogP contribution in [0, 0.1) is 0 Å². The number of hydrogen-bond donors (Lipinski definition) is 2. The summed E-state index contributed by atoms with van der Waals surface area (Å²) in [5.74, 6) is -0.130. The molecule has 1 fully saturated rings. The van der Waals surface area contributed by atoms with Crippen molar-refractivity contribution in [1.29, 1.82) is 0 Å². The molecule has 1 atom stereocenters. The van der Waals surface area contributed by atoms with Gasteiger partial charge in [0.15, 0.2) is 5.17 Å². The van der Waals surface area contributed by atoms with Gasteiger partial charge in [-0.25, -0.2) is 0 Å². The van der Waals surface area contributed by atoms with Crippen molar-refractivity contribution in [3.8, 4) is 0 Å². The molecule has 2 heterocycles. The number of rotatable bonds is 5. The molecule has 1 aromatic heterocycles. The van der Waals surface area contributed by atoms with E-state index in [1.807, 2.05) is 0 Å². The molecule has 0 spiro atoms. The van der Waals surface area contributed by atoms with Crippen molar-refractivity contribution in [2.24, 2.45) is 10.2 Å². The van der Waals surface area contributed by atoms with Gasteiger partial charge in [-0.05, 0) is 24.3 Å². The molecule has 3 rings (SSSR count). The van der Waals surface area contributed by atoms with Gasteiger partial charge in [-0.1, -0.05) is 41.0 Å². The zero-order chi connectivity index (χ0) is 18.5. The Morgan fingerprint density at radius 1 is 1.35 bits per heavy atom. The highest BCUT2D eigenvalue weighted by Gasteiger charge is 2.32. The number of nitrogens with zero attached hydrogens (tertiary/aromatic N) is 2. The summed E-state index contributed by atoms with van der Waals surface area (Å²) in [6.07, 6.45) is 2.89. The Hall–Kier alpha value is -2.29. The van der Waals surface area contributed by atoms with Gasteiger partial charge in [0.2, 0.25) is 11.8 Å². The van der Waals surface area contributed by atoms with Crippen LogP contribution in [0.2, 0.25) is 10.0 Å². The summed E-state index contributed by atoms with van der Waals surface area (Å²) < 4.78 is 5.08. The third-order valence-electron chi connectivity index (χ3n) is 3.25. The minimum absolute atomic E-state index is 0.0414. The third-order valence-corrected chi connectivity index (χ3v) is 5.14. The second-order valence-corrected chi connectivity index (χ2v) is 7.09. The minimum Gasteiger partial charge on any atom is -0.463 e. The fraction of sp³-hybridized carbons (Fsp3) is 0.125. The summed E-state index contributed by atoms with van der Waals surface area (Å²) in [6.45, 7) is 0. The maximum atomic E-state index is 12.2. The molecular weight excluding hydrogens is 399 g/mol. The monoisotopic (exact) mass is 410 g/mol. The number of amides is 2. The zero-order valence-corrected chi connectivity index (χ0v) is 15.4. The van der Waals surface area contributed by atoms with E-state index in [4.69, 9.17) is 27.6 Å². The van der Waals surface area contributed by atoms with Gasteiger partial charge in [-0.3, -0.25) is 9.59 Å². The SMILES string of the molecule is O=C(CC1S/C(=N\N=Cc2ccco2)NC1=O)Nc1cccc(Cl)c1Cl. The van der Waals surface area contributed by atoms with Crippen LogP contribution in [0.5, 0.6) is 0 Å². The molecule has 2 amide bonds. The number of thioether (sulfide) groups is 1. The molecule has 0 saturated carbocycles. The Morgan fingerprint density at radius 3 is 2.96 bits per heavy atom. The van der Waals surface area contributed by atoms with E-state index in [1.165, 1.54) is 12.5 Å². The van der Waals surface area contributed by atoms with E-state index in [0.29, 0.717) is 21.6 Å². The number of carbonyl (C=O) groups is 2. The number of amidine groups is 1. The van der Waals surface area contributed by atoms with Gasteiger partial charge in [0.25, 0.3) is 0 Å². The number of benzene rings is 1. The molecule has 1 aromatic carbocycles. The molecule has 26 heavy (non-hydrogen) atoms. The first-order chi connectivity index (χ1) is 12.5. The van der Waals surface area contributed by atoms with Crippen LogP contribution in [-0.2, 0) is 9.59 Å². The Labute approximate surface area is 162 Å². The van der Waals surface area contributed by atoms with Crippen molar-refractivity contribution < 1.29 is 14.0 Å². The topological polar surface area (TPSA) is 96.1 Å². The van der Waals surface area contributed by atoms with Gasteiger partial charge < -0.3 is 15.1 Å². The second-order valence-electron chi connectivity index (χ2n) is 5.11. The molecule has 2 aromatic rings. The lowest BCUT2D eigenvalue weighted by Crippen LogP contribution is -2.28. The number of anilines is 1. The van der Waals surface area contributed by atoms with Gasteiger partial charge in [0.1, 0.15) is 11.0 Å². The van der Waals surface area contributed by atoms with Gasteiger partial charge in [0, 0.05) is 6.42 Å². The number of furan rings is 1. The summed E-state index contributed by atoms with van der Waals surface area (Å²) in [4.78, 5) is 24.1. The third kappa shape index (κ3) is 4.66. The molecule has 0 bridgehead atoms. The van der Waals surface area contributed by atoms with Gasteiger partial charge in [-0.2, -0.15) is 5.10 Å². The van der Waals surface area contributed by atoms with Crippen LogP contribution >= 0.6 is 35.0 Å². The molecule has 0 aliphatic carbocycles. The lowest BCUT2D eigenvalue weighted by atomic mass is 10.2. The molecule has 134 valence electrons. The highest BCUT2D eigenvalue weighted by Crippen LogP contribution is 2.30. The van der Waals surface area contributed by atoms with Crippen molar-refractivity contribution in [3.05, 3.63) is 52.4 Å². The molecule has 2 N–H and O–H groups in total. The number of halogens is 2. The van der Waals surface area contributed by atoms with Crippen LogP contribution in [0.25, 0.3) is 0 Å².